The molecule has 0 fully saturated rings. The molecule has 1 unspecified atom stereocenters. The Labute approximate surface area is 96.5 Å². The van der Waals surface area contributed by atoms with Gasteiger partial charge in [-0.3, -0.25) is 9.78 Å². The molecule has 1 aromatic rings. The molecule has 0 saturated carbocycles. The molecule has 3 heteroatoms. The second-order valence-electron chi connectivity index (χ2n) is 4.56. The van der Waals surface area contributed by atoms with Gasteiger partial charge in [0.25, 0.3) is 0 Å². The molecule has 0 spiro atoms. The molecule has 1 rings (SSSR count). The standard InChI is InChI=1S/C13H19NO2/c1-4-8-13(3,12(15)16)9-11-7-5-6-10(2)14-11/h5-7H,4,8-9H2,1-3H3,(H,15,16). The van der Waals surface area contributed by atoms with Crippen LogP contribution in [0.2, 0.25) is 0 Å². The largest absolute Gasteiger partial charge is 0.481 e. The Morgan fingerprint density at radius 2 is 2.19 bits per heavy atom. The van der Waals surface area contributed by atoms with E-state index in [4.69, 9.17) is 0 Å². The van der Waals surface area contributed by atoms with Crippen LogP contribution < -0.4 is 0 Å². The summed E-state index contributed by atoms with van der Waals surface area (Å²) >= 11 is 0. The highest BCUT2D eigenvalue weighted by Crippen LogP contribution is 2.28. The molecular weight excluding hydrogens is 202 g/mol. The summed E-state index contributed by atoms with van der Waals surface area (Å²) in [5.41, 5.74) is 1.09. The summed E-state index contributed by atoms with van der Waals surface area (Å²) in [5.74, 6) is -0.738. The fraction of sp³-hybridized carbons (Fsp3) is 0.538. The number of aryl methyl sites for hydroxylation is 1. The molecule has 3 nitrogen and oxygen atoms in total. The normalized spacial score (nSPS) is 14.4. The zero-order valence-corrected chi connectivity index (χ0v) is 10.2. The van der Waals surface area contributed by atoms with Crippen LogP contribution in [0, 0.1) is 12.3 Å². The predicted molar refractivity (Wildman–Crippen MR) is 63.3 cm³/mol. The minimum Gasteiger partial charge on any atom is -0.481 e. The lowest BCUT2D eigenvalue weighted by atomic mass is 9.81. The van der Waals surface area contributed by atoms with Crippen molar-refractivity contribution in [1.82, 2.24) is 4.98 Å². The van der Waals surface area contributed by atoms with Gasteiger partial charge in [-0.1, -0.05) is 19.4 Å². The van der Waals surface area contributed by atoms with E-state index in [0.29, 0.717) is 12.8 Å². The molecule has 1 N–H and O–H groups in total. The van der Waals surface area contributed by atoms with Crippen LogP contribution in [0.4, 0.5) is 0 Å². The molecule has 88 valence electrons. The summed E-state index contributed by atoms with van der Waals surface area (Å²) in [7, 11) is 0. The Balaban J connectivity index is 2.87. The molecule has 0 bridgehead atoms. The first kappa shape index (κ1) is 12.7. The van der Waals surface area contributed by atoms with Crippen LogP contribution in [0.25, 0.3) is 0 Å². The molecule has 0 amide bonds. The van der Waals surface area contributed by atoms with Crippen LogP contribution in [0.5, 0.6) is 0 Å². The van der Waals surface area contributed by atoms with Crippen molar-refractivity contribution in [3.05, 3.63) is 29.6 Å². The van der Waals surface area contributed by atoms with Crippen molar-refractivity contribution in [1.29, 1.82) is 0 Å². The van der Waals surface area contributed by atoms with Crippen molar-refractivity contribution in [3.63, 3.8) is 0 Å². The maximum Gasteiger partial charge on any atom is 0.309 e. The van der Waals surface area contributed by atoms with Gasteiger partial charge in [0.2, 0.25) is 0 Å². The minimum atomic E-state index is -0.738. The fourth-order valence-corrected chi connectivity index (χ4v) is 1.92. The van der Waals surface area contributed by atoms with Crippen molar-refractivity contribution in [2.75, 3.05) is 0 Å². The molecule has 16 heavy (non-hydrogen) atoms. The summed E-state index contributed by atoms with van der Waals surface area (Å²) in [4.78, 5) is 15.6. The number of hydrogen-bond acceptors (Lipinski definition) is 2. The quantitative estimate of drug-likeness (QED) is 0.831. The minimum absolute atomic E-state index is 0.498. The van der Waals surface area contributed by atoms with E-state index in [-0.39, 0.29) is 0 Å². The third-order valence-electron chi connectivity index (χ3n) is 2.84. The van der Waals surface area contributed by atoms with E-state index in [2.05, 4.69) is 4.98 Å². The highest BCUT2D eigenvalue weighted by atomic mass is 16.4. The third-order valence-corrected chi connectivity index (χ3v) is 2.84. The molecule has 0 aromatic carbocycles. The van der Waals surface area contributed by atoms with Gasteiger partial charge in [-0.2, -0.15) is 0 Å². The average molecular weight is 221 g/mol. The van der Waals surface area contributed by atoms with Crippen LogP contribution >= 0.6 is 0 Å². The van der Waals surface area contributed by atoms with E-state index < -0.39 is 11.4 Å². The zero-order valence-electron chi connectivity index (χ0n) is 10.2. The lowest BCUT2D eigenvalue weighted by molar-refractivity contribution is -0.148. The first-order valence-electron chi connectivity index (χ1n) is 5.64. The van der Waals surface area contributed by atoms with Gasteiger partial charge >= 0.3 is 5.97 Å². The lowest BCUT2D eigenvalue weighted by Gasteiger charge is -2.23. The maximum absolute atomic E-state index is 11.3. The molecule has 0 aliphatic carbocycles. The van der Waals surface area contributed by atoms with E-state index in [1.165, 1.54) is 0 Å². The molecule has 0 radical (unpaired) electrons. The zero-order chi connectivity index (χ0) is 12.2. The average Bonchev–Trinajstić information content (AvgIpc) is 2.17. The summed E-state index contributed by atoms with van der Waals surface area (Å²) in [6.45, 7) is 5.72. The van der Waals surface area contributed by atoms with Gasteiger partial charge in [0.1, 0.15) is 0 Å². The van der Waals surface area contributed by atoms with Gasteiger partial charge in [-0.25, -0.2) is 0 Å². The van der Waals surface area contributed by atoms with Gasteiger partial charge in [-0.15, -0.1) is 0 Å². The molecule has 0 aliphatic rings. The van der Waals surface area contributed by atoms with E-state index >= 15 is 0 Å². The lowest BCUT2D eigenvalue weighted by Crippen LogP contribution is -2.30. The van der Waals surface area contributed by atoms with E-state index in [1.54, 1.807) is 6.92 Å². The first-order chi connectivity index (χ1) is 7.48. The van der Waals surface area contributed by atoms with Crippen molar-refractivity contribution in [2.45, 2.75) is 40.0 Å². The maximum atomic E-state index is 11.3. The van der Waals surface area contributed by atoms with Gasteiger partial charge in [0.15, 0.2) is 0 Å². The fourth-order valence-electron chi connectivity index (χ4n) is 1.92. The number of rotatable bonds is 5. The Morgan fingerprint density at radius 1 is 1.50 bits per heavy atom. The Hall–Kier alpha value is -1.38. The summed E-state index contributed by atoms with van der Waals surface area (Å²) in [5, 5.41) is 9.27. The first-order valence-corrected chi connectivity index (χ1v) is 5.64. The molecule has 0 saturated heterocycles. The smallest absolute Gasteiger partial charge is 0.309 e. The van der Waals surface area contributed by atoms with Crippen molar-refractivity contribution in [3.8, 4) is 0 Å². The summed E-state index contributed by atoms with van der Waals surface area (Å²) < 4.78 is 0. The van der Waals surface area contributed by atoms with Crippen LogP contribution in [0.1, 0.15) is 38.1 Å². The molecular formula is C13H19NO2. The Bertz CT molecular complexity index is 376. The summed E-state index contributed by atoms with van der Waals surface area (Å²) in [6.07, 6.45) is 2.05. The van der Waals surface area contributed by atoms with E-state index in [0.717, 1.165) is 17.8 Å². The Morgan fingerprint density at radius 3 is 2.69 bits per heavy atom. The predicted octanol–water partition coefficient (Wildman–Crippen LogP) is 2.82. The number of pyridine rings is 1. The number of carbonyl (C=O) groups is 1. The van der Waals surface area contributed by atoms with E-state index in [9.17, 15) is 9.90 Å². The van der Waals surface area contributed by atoms with Crippen LogP contribution in [-0.2, 0) is 11.2 Å². The van der Waals surface area contributed by atoms with Gasteiger partial charge < -0.3 is 5.11 Å². The highest BCUT2D eigenvalue weighted by molar-refractivity contribution is 5.74. The second-order valence-corrected chi connectivity index (χ2v) is 4.56. The monoisotopic (exact) mass is 221 g/mol. The van der Waals surface area contributed by atoms with Crippen molar-refractivity contribution >= 4 is 5.97 Å². The van der Waals surface area contributed by atoms with Gasteiger partial charge in [0, 0.05) is 17.8 Å². The third kappa shape index (κ3) is 3.05. The van der Waals surface area contributed by atoms with Crippen molar-refractivity contribution in [2.24, 2.45) is 5.41 Å². The van der Waals surface area contributed by atoms with E-state index in [1.807, 2.05) is 32.0 Å². The van der Waals surface area contributed by atoms with Crippen LogP contribution in [0.15, 0.2) is 18.2 Å². The summed E-state index contributed by atoms with van der Waals surface area (Å²) in [6, 6.07) is 5.73. The molecule has 1 aromatic heterocycles. The number of carboxylic acid groups (broad SMARTS) is 1. The number of aliphatic carboxylic acids is 1. The van der Waals surface area contributed by atoms with Crippen LogP contribution in [-0.4, -0.2) is 16.1 Å². The second kappa shape index (κ2) is 5.10. The molecule has 1 heterocycles. The van der Waals surface area contributed by atoms with Gasteiger partial charge in [-0.05, 0) is 32.4 Å². The van der Waals surface area contributed by atoms with Gasteiger partial charge in [0.05, 0.1) is 5.41 Å². The topological polar surface area (TPSA) is 50.2 Å². The number of nitrogens with zero attached hydrogens (tertiary/aromatic N) is 1. The van der Waals surface area contributed by atoms with Crippen molar-refractivity contribution < 1.29 is 9.90 Å². The molecule has 1 atom stereocenters. The highest BCUT2D eigenvalue weighted by Gasteiger charge is 2.32. The Kier molecular flexibility index (Phi) is 4.05. The van der Waals surface area contributed by atoms with Crippen LogP contribution in [0.3, 0.4) is 0 Å². The number of aromatic nitrogens is 1. The number of carboxylic acids is 1. The number of hydrogen-bond donors (Lipinski definition) is 1. The molecule has 0 aliphatic heterocycles. The SMILES string of the molecule is CCCC(C)(Cc1cccc(C)n1)C(=O)O.